The maximum absolute atomic E-state index is 13.1. The highest BCUT2D eigenvalue weighted by Gasteiger charge is 2.41. The number of carbonyl (C=O) groups excluding carboxylic acids is 2. The smallest absolute Gasteiger partial charge is 0.252 e. The minimum Gasteiger partial charge on any atom is -0.329 e. The molecule has 0 saturated carbocycles. The summed E-state index contributed by atoms with van der Waals surface area (Å²) in [5.41, 5.74) is 1.40. The molecule has 1 aromatic heterocycles. The molecule has 7 heteroatoms. The van der Waals surface area contributed by atoms with E-state index in [4.69, 9.17) is 23.2 Å². The van der Waals surface area contributed by atoms with Gasteiger partial charge >= 0.3 is 0 Å². The van der Waals surface area contributed by atoms with E-state index in [0.29, 0.717) is 22.3 Å². The van der Waals surface area contributed by atoms with Crippen LogP contribution in [0.3, 0.4) is 0 Å². The molecule has 1 aromatic carbocycles. The molecule has 1 saturated heterocycles. The maximum atomic E-state index is 13.1. The molecule has 3 rings (SSSR count). The SMILES string of the molecule is CC(C)N1CC(=O)N(Cc2ccc(Cl)cc2)[C@@H](c2ccc(Cl)cn2)C1=O. The largest absolute Gasteiger partial charge is 0.329 e. The summed E-state index contributed by atoms with van der Waals surface area (Å²) in [5, 5.41) is 1.10. The van der Waals surface area contributed by atoms with Gasteiger partial charge in [-0.25, -0.2) is 0 Å². The Bertz CT molecular complexity index is 807. The van der Waals surface area contributed by atoms with Crippen molar-refractivity contribution in [2.24, 2.45) is 0 Å². The van der Waals surface area contributed by atoms with Crippen LogP contribution in [0.4, 0.5) is 0 Å². The van der Waals surface area contributed by atoms with Gasteiger partial charge in [-0.15, -0.1) is 0 Å². The average molecular weight is 392 g/mol. The van der Waals surface area contributed by atoms with Gasteiger partial charge in [0.25, 0.3) is 5.91 Å². The van der Waals surface area contributed by atoms with Crippen LogP contribution >= 0.6 is 23.2 Å². The van der Waals surface area contributed by atoms with Crippen LogP contribution in [0.5, 0.6) is 0 Å². The van der Waals surface area contributed by atoms with Crippen molar-refractivity contribution in [1.82, 2.24) is 14.8 Å². The number of halogens is 2. The summed E-state index contributed by atoms with van der Waals surface area (Å²) in [4.78, 5) is 33.4. The van der Waals surface area contributed by atoms with Gasteiger partial charge in [0.05, 0.1) is 10.7 Å². The number of piperazine rings is 1. The molecule has 2 amide bonds. The molecule has 1 atom stereocenters. The van der Waals surface area contributed by atoms with E-state index in [1.165, 1.54) is 6.20 Å². The van der Waals surface area contributed by atoms with E-state index >= 15 is 0 Å². The Morgan fingerprint density at radius 1 is 1.08 bits per heavy atom. The van der Waals surface area contributed by atoms with Crippen LogP contribution in [0.15, 0.2) is 42.6 Å². The van der Waals surface area contributed by atoms with Crippen LogP contribution in [0, 0.1) is 0 Å². The molecule has 0 bridgehead atoms. The summed E-state index contributed by atoms with van der Waals surface area (Å²) in [5.74, 6) is -0.251. The van der Waals surface area contributed by atoms with Crippen molar-refractivity contribution in [3.63, 3.8) is 0 Å². The fourth-order valence-electron chi connectivity index (χ4n) is 2.99. The van der Waals surface area contributed by atoms with Gasteiger partial charge in [0, 0.05) is 23.8 Å². The van der Waals surface area contributed by atoms with Crippen LogP contribution in [0.25, 0.3) is 0 Å². The number of hydrogen-bond acceptors (Lipinski definition) is 3. The van der Waals surface area contributed by atoms with Crippen LogP contribution in [0.1, 0.15) is 31.1 Å². The Kier molecular flexibility index (Phi) is 5.49. The van der Waals surface area contributed by atoms with E-state index in [2.05, 4.69) is 4.98 Å². The maximum Gasteiger partial charge on any atom is 0.252 e. The fraction of sp³-hybridized carbons (Fsp3) is 0.316. The fourth-order valence-corrected chi connectivity index (χ4v) is 3.22. The quantitative estimate of drug-likeness (QED) is 0.797. The molecule has 0 aliphatic carbocycles. The van der Waals surface area contributed by atoms with Gasteiger partial charge in [-0.05, 0) is 43.7 Å². The zero-order valence-electron chi connectivity index (χ0n) is 14.5. The number of pyridine rings is 1. The second-order valence-corrected chi connectivity index (χ2v) is 7.38. The van der Waals surface area contributed by atoms with E-state index in [-0.39, 0.29) is 24.4 Å². The lowest BCUT2D eigenvalue weighted by Crippen LogP contribution is -2.57. The highest BCUT2D eigenvalue weighted by atomic mass is 35.5. The Morgan fingerprint density at radius 3 is 2.31 bits per heavy atom. The molecule has 136 valence electrons. The lowest BCUT2D eigenvalue weighted by molar-refractivity contribution is -0.158. The third-order valence-electron chi connectivity index (χ3n) is 4.37. The number of rotatable bonds is 4. The van der Waals surface area contributed by atoms with Gasteiger partial charge in [0.1, 0.15) is 6.54 Å². The first kappa shape index (κ1) is 18.7. The van der Waals surface area contributed by atoms with Gasteiger partial charge in [-0.1, -0.05) is 35.3 Å². The molecule has 26 heavy (non-hydrogen) atoms. The molecule has 0 N–H and O–H groups in total. The summed E-state index contributed by atoms with van der Waals surface area (Å²) in [6.45, 7) is 4.16. The third-order valence-corrected chi connectivity index (χ3v) is 4.85. The predicted octanol–water partition coefficient (Wildman–Crippen LogP) is 3.71. The molecule has 0 spiro atoms. The predicted molar refractivity (Wildman–Crippen MR) is 101 cm³/mol. The lowest BCUT2D eigenvalue weighted by atomic mass is 10.0. The topological polar surface area (TPSA) is 53.5 Å². The molecule has 1 aliphatic heterocycles. The van der Waals surface area contributed by atoms with E-state index < -0.39 is 6.04 Å². The molecular formula is C19H19Cl2N3O2. The monoisotopic (exact) mass is 391 g/mol. The first-order chi connectivity index (χ1) is 12.4. The van der Waals surface area contributed by atoms with Crippen molar-refractivity contribution in [2.75, 3.05) is 6.54 Å². The third kappa shape index (κ3) is 3.84. The number of amides is 2. The van der Waals surface area contributed by atoms with Crippen LogP contribution in [-0.4, -0.2) is 39.2 Å². The molecule has 2 aromatic rings. The summed E-state index contributed by atoms with van der Waals surface area (Å²) < 4.78 is 0. The van der Waals surface area contributed by atoms with Crippen molar-refractivity contribution < 1.29 is 9.59 Å². The Balaban J connectivity index is 1.98. The van der Waals surface area contributed by atoms with E-state index in [9.17, 15) is 9.59 Å². The second-order valence-electron chi connectivity index (χ2n) is 6.51. The summed E-state index contributed by atoms with van der Waals surface area (Å²) in [6, 6.07) is 9.76. The van der Waals surface area contributed by atoms with Crippen molar-refractivity contribution in [3.8, 4) is 0 Å². The number of aromatic nitrogens is 1. The number of carbonyl (C=O) groups is 2. The van der Waals surface area contributed by atoms with Gasteiger partial charge in [0.15, 0.2) is 6.04 Å². The normalized spacial score (nSPS) is 18.0. The highest BCUT2D eigenvalue weighted by Crippen LogP contribution is 2.29. The van der Waals surface area contributed by atoms with Gasteiger partial charge in [-0.2, -0.15) is 0 Å². The molecule has 2 heterocycles. The van der Waals surface area contributed by atoms with E-state index in [1.807, 2.05) is 26.0 Å². The number of benzene rings is 1. The molecule has 1 aliphatic rings. The summed E-state index contributed by atoms with van der Waals surface area (Å²) in [7, 11) is 0. The Labute approximate surface area is 162 Å². The Morgan fingerprint density at radius 2 is 1.73 bits per heavy atom. The second kappa shape index (κ2) is 7.64. The van der Waals surface area contributed by atoms with Crippen LogP contribution in [-0.2, 0) is 16.1 Å². The lowest BCUT2D eigenvalue weighted by Gasteiger charge is -2.41. The molecule has 0 unspecified atom stereocenters. The molecule has 5 nitrogen and oxygen atoms in total. The van der Waals surface area contributed by atoms with Crippen molar-refractivity contribution in [3.05, 3.63) is 63.9 Å². The molecule has 1 fully saturated rings. The van der Waals surface area contributed by atoms with Crippen molar-refractivity contribution in [1.29, 1.82) is 0 Å². The van der Waals surface area contributed by atoms with Gasteiger partial charge in [0.2, 0.25) is 5.91 Å². The van der Waals surface area contributed by atoms with Crippen LogP contribution < -0.4 is 0 Å². The minimum atomic E-state index is -0.772. The number of nitrogens with zero attached hydrogens (tertiary/aromatic N) is 3. The zero-order chi connectivity index (χ0) is 18.8. The van der Waals surface area contributed by atoms with Crippen molar-refractivity contribution >= 4 is 35.0 Å². The first-order valence-electron chi connectivity index (χ1n) is 8.32. The van der Waals surface area contributed by atoms with Gasteiger partial charge < -0.3 is 9.80 Å². The minimum absolute atomic E-state index is 0.0637. The summed E-state index contributed by atoms with van der Waals surface area (Å²) in [6.07, 6.45) is 1.49. The molecular weight excluding hydrogens is 373 g/mol. The summed E-state index contributed by atoms with van der Waals surface area (Å²) >= 11 is 11.9. The average Bonchev–Trinajstić information content (AvgIpc) is 2.61. The van der Waals surface area contributed by atoms with E-state index in [0.717, 1.165) is 5.56 Å². The van der Waals surface area contributed by atoms with Gasteiger partial charge in [-0.3, -0.25) is 14.6 Å². The standard InChI is InChI=1S/C19H19Cl2N3O2/c1-12(2)23-11-17(25)24(10-13-3-5-14(20)6-4-13)18(19(23)26)16-8-7-15(21)9-22-16/h3-9,12,18H,10-11H2,1-2H3/t18-/m0/s1. The van der Waals surface area contributed by atoms with E-state index in [1.54, 1.807) is 34.1 Å². The number of hydrogen-bond donors (Lipinski definition) is 0. The van der Waals surface area contributed by atoms with Crippen LogP contribution in [0.2, 0.25) is 10.0 Å². The Hall–Kier alpha value is -2.11. The highest BCUT2D eigenvalue weighted by molar-refractivity contribution is 6.30. The van der Waals surface area contributed by atoms with Crippen molar-refractivity contribution in [2.45, 2.75) is 32.5 Å². The first-order valence-corrected chi connectivity index (χ1v) is 9.08. The zero-order valence-corrected chi connectivity index (χ0v) is 16.0. The molecule has 0 radical (unpaired) electrons.